The molecule has 1 N–H and O–H groups in total. The average Bonchev–Trinajstić information content (AvgIpc) is 2.51. The highest BCUT2D eigenvalue weighted by atomic mass is 16.2. The van der Waals surface area contributed by atoms with E-state index in [0.717, 1.165) is 30.6 Å². The monoisotopic (exact) mass is 312 g/mol. The van der Waals surface area contributed by atoms with Gasteiger partial charge in [0, 0.05) is 29.6 Å². The Morgan fingerprint density at radius 1 is 1.22 bits per heavy atom. The van der Waals surface area contributed by atoms with Crippen molar-refractivity contribution in [2.75, 3.05) is 18.0 Å². The van der Waals surface area contributed by atoms with E-state index < -0.39 is 5.41 Å². The van der Waals surface area contributed by atoms with Crippen LogP contribution >= 0.6 is 0 Å². The third-order valence-electron chi connectivity index (χ3n) is 3.75. The van der Waals surface area contributed by atoms with E-state index in [0.29, 0.717) is 13.0 Å². The molecule has 2 rings (SSSR count). The van der Waals surface area contributed by atoms with Gasteiger partial charge in [-0.25, -0.2) is 0 Å². The van der Waals surface area contributed by atoms with E-state index >= 15 is 0 Å². The normalized spacial score (nSPS) is 14.9. The molecule has 1 fully saturated rings. The van der Waals surface area contributed by atoms with Gasteiger partial charge in [0.25, 0.3) is 0 Å². The molecule has 23 heavy (non-hydrogen) atoms. The fourth-order valence-electron chi connectivity index (χ4n) is 2.34. The van der Waals surface area contributed by atoms with Crippen molar-refractivity contribution in [1.29, 1.82) is 0 Å². The van der Waals surface area contributed by atoms with Gasteiger partial charge in [-0.05, 0) is 37.1 Å². The predicted molar refractivity (Wildman–Crippen MR) is 92.0 cm³/mol. The molecule has 1 heterocycles. The molecule has 0 spiro atoms. The third kappa shape index (κ3) is 4.85. The van der Waals surface area contributed by atoms with Gasteiger partial charge in [0.1, 0.15) is 0 Å². The Kier molecular flexibility index (Phi) is 5.44. The number of hydrogen-bond acceptors (Lipinski definition) is 2. The van der Waals surface area contributed by atoms with Crippen molar-refractivity contribution in [3.63, 3.8) is 0 Å². The predicted octanol–water partition coefficient (Wildman–Crippen LogP) is 2.72. The summed E-state index contributed by atoms with van der Waals surface area (Å²) in [7, 11) is 0. The summed E-state index contributed by atoms with van der Waals surface area (Å²) in [5, 5.41) is 2.80. The molecule has 1 aromatic rings. The summed E-state index contributed by atoms with van der Waals surface area (Å²) in [4.78, 5) is 25.4. The number of amides is 2. The van der Waals surface area contributed by atoms with E-state index in [4.69, 9.17) is 0 Å². The Balaban J connectivity index is 1.92. The summed E-state index contributed by atoms with van der Waals surface area (Å²) < 4.78 is 0. The standard InChI is InChI=1S/C19H24N2O2/c1-19(2,3)18(23)20-13-6-7-15-9-11-16(12-10-15)21-14-5-4-8-17(21)22/h9-12H,4-5,8,13-14H2,1-3H3,(H,20,23). The van der Waals surface area contributed by atoms with Crippen molar-refractivity contribution >= 4 is 17.5 Å². The molecule has 1 saturated heterocycles. The summed E-state index contributed by atoms with van der Waals surface area (Å²) >= 11 is 0. The first-order valence-electron chi connectivity index (χ1n) is 8.05. The van der Waals surface area contributed by atoms with Gasteiger partial charge in [0.05, 0.1) is 6.54 Å². The number of nitrogens with zero attached hydrogens (tertiary/aromatic N) is 1. The molecule has 4 nitrogen and oxygen atoms in total. The van der Waals surface area contributed by atoms with Crippen molar-refractivity contribution in [2.24, 2.45) is 5.41 Å². The maximum atomic E-state index is 11.9. The molecule has 1 aliphatic heterocycles. The molecule has 0 aromatic heterocycles. The molecule has 0 unspecified atom stereocenters. The molecule has 1 aromatic carbocycles. The molecule has 0 bridgehead atoms. The largest absolute Gasteiger partial charge is 0.345 e. The summed E-state index contributed by atoms with van der Waals surface area (Å²) in [5.41, 5.74) is 1.41. The summed E-state index contributed by atoms with van der Waals surface area (Å²) in [6.07, 6.45) is 2.68. The SMILES string of the molecule is CC(C)(C)C(=O)NCC#Cc1ccc(N2CCCCC2=O)cc1. The number of hydrogen-bond donors (Lipinski definition) is 1. The van der Waals surface area contributed by atoms with Gasteiger partial charge < -0.3 is 10.2 Å². The smallest absolute Gasteiger partial charge is 0.226 e. The second-order valence-corrected chi connectivity index (χ2v) is 6.78. The molecule has 4 heteroatoms. The maximum absolute atomic E-state index is 11.9. The lowest BCUT2D eigenvalue weighted by Gasteiger charge is -2.26. The van der Waals surface area contributed by atoms with Crippen LogP contribution in [0.1, 0.15) is 45.6 Å². The van der Waals surface area contributed by atoms with Crippen molar-refractivity contribution in [2.45, 2.75) is 40.0 Å². The zero-order valence-corrected chi connectivity index (χ0v) is 14.1. The Morgan fingerprint density at radius 2 is 1.91 bits per heavy atom. The number of anilines is 1. The minimum absolute atomic E-state index is 0.00856. The maximum Gasteiger partial charge on any atom is 0.226 e. The number of piperidine rings is 1. The fraction of sp³-hybridized carbons (Fsp3) is 0.474. The van der Waals surface area contributed by atoms with Crippen molar-refractivity contribution < 1.29 is 9.59 Å². The number of carbonyl (C=O) groups excluding carboxylic acids is 2. The van der Waals surface area contributed by atoms with Gasteiger partial charge in [-0.15, -0.1) is 0 Å². The van der Waals surface area contributed by atoms with Crippen LogP contribution in [0.5, 0.6) is 0 Å². The molecule has 0 aliphatic carbocycles. The number of nitrogens with one attached hydrogen (secondary N) is 1. The van der Waals surface area contributed by atoms with Crippen LogP contribution in [0.2, 0.25) is 0 Å². The highest BCUT2D eigenvalue weighted by Crippen LogP contribution is 2.21. The average molecular weight is 312 g/mol. The van der Waals surface area contributed by atoms with E-state index in [1.165, 1.54) is 0 Å². The Morgan fingerprint density at radius 3 is 2.52 bits per heavy atom. The van der Waals surface area contributed by atoms with Crippen LogP contribution in [0.4, 0.5) is 5.69 Å². The van der Waals surface area contributed by atoms with Gasteiger partial charge in [-0.3, -0.25) is 9.59 Å². The van der Waals surface area contributed by atoms with Crippen LogP contribution < -0.4 is 10.2 Å². The fourth-order valence-corrected chi connectivity index (χ4v) is 2.34. The number of benzene rings is 1. The zero-order chi connectivity index (χ0) is 16.9. The van der Waals surface area contributed by atoms with Crippen LogP contribution in [-0.4, -0.2) is 24.9 Å². The lowest BCUT2D eigenvalue weighted by molar-refractivity contribution is -0.128. The Labute approximate surface area is 138 Å². The number of rotatable bonds is 2. The molecule has 1 aliphatic rings. The molecule has 122 valence electrons. The topological polar surface area (TPSA) is 49.4 Å². The van der Waals surface area contributed by atoms with Crippen LogP contribution in [0.3, 0.4) is 0 Å². The second kappa shape index (κ2) is 7.32. The molecule has 0 radical (unpaired) electrons. The lowest BCUT2D eigenvalue weighted by Crippen LogP contribution is -2.35. The van der Waals surface area contributed by atoms with Gasteiger partial charge >= 0.3 is 0 Å². The first-order chi connectivity index (χ1) is 10.9. The molecule has 0 saturated carbocycles. The van der Waals surface area contributed by atoms with Gasteiger partial charge in [0.15, 0.2) is 0 Å². The van der Waals surface area contributed by atoms with Crippen LogP contribution in [0, 0.1) is 17.3 Å². The van der Waals surface area contributed by atoms with Crippen LogP contribution in [0.15, 0.2) is 24.3 Å². The summed E-state index contributed by atoms with van der Waals surface area (Å²) in [6, 6.07) is 7.69. The van der Waals surface area contributed by atoms with Crippen LogP contribution in [-0.2, 0) is 9.59 Å². The molecular formula is C19H24N2O2. The van der Waals surface area contributed by atoms with Crippen molar-refractivity contribution in [1.82, 2.24) is 5.32 Å². The Hall–Kier alpha value is -2.28. The highest BCUT2D eigenvalue weighted by molar-refractivity contribution is 5.94. The van der Waals surface area contributed by atoms with E-state index in [1.54, 1.807) is 0 Å². The lowest BCUT2D eigenvalue weighted by atomic mass is 9.96. The first-order valence-corrected chi connectivity index (χ1v) is 8.05. The van der Waals surface area contributed by atoms with Gasteiger partial charge in [-0.1, -0.05) is 32.6 Å². The zero-order valence-electron chi connectivity index (χ0n) is 14.1. The molecular weight excluding hydrogens is 288 g/mol. The molecule has 0 atom stereocenters. The quantitative estimate of drug-likeness (QED) is 0.854. The van der Waals surface area contributed by atoms with E-state index in [1.807, 2.05) is 49.9 Å². The van der Waals surface area contributed by atoms with Crippen molar-refractivity contribution in [3.05, 3.63) is 29.8 Å². The van der Waals surface area contributed by atoms with Gasteiger partial charge in [0.2, 0.25) is 11.8 Å². The minimum atomic E-state index is -0.399. The first kappa shape index (κ1) is 17.1. The minimum Gasteiger partial charge on any atom is -0.345 e. The summed E-state index contributed by atoms with van der Waals surface area (Å²) in [5.74, 6) is 6.16. The highest BCUT2D eigenvalue weighted by Gasteiger charge is 2.20. The van der Waals surface area contributed by atoms with E-state index in [-0.39, 0.29) is 11.8 Å². The van der Waals surface area contributed by atoms with Crippen molar-refractivity contribution in [3.8, 4) is 11.8 Å². The molecule has 2 amide bonds. The van der Waals surface area contributed by atoms with E-state index in [9.17, 15) is 9.59 Å². The number of carbonyl (C=O) groups is 2. The van der Waals surface area contributed by atoms with Crippen LogP contribution in [0.25, 0.3) is 0 Å². The second-order valence-electron chi connectivity index (χ2n) is 6.78. The Bertz CT molecular complexity index is 630. The van der Waals surface area contributed by atoms with Gasteiger partial charge in [-0.2, -0.15) is 0 Å². The third-order valence-corrected chi connectivity index (χ3v) is 3.75. The van der Waals surface area contributed by atoms with E-state index in [2.05, 4.69) is 17.2 Å². The summed E-state index contributed by atoms with van der Waals surface area (Å²) in [6.45, 7) is 6.74.